The van der Waals surface area contributed by atoms with Crippen LogP contribution in [0, 0.1) is 6.92 Å². The van der Waals surface area contributed by atoms with E-state index in [2.05, 4.69) is 15.6 Å². The minimum absolute atomic E-state index is 0.0299. The molecule has 0 atom stereocenters. The van der Waals surface area contributed by atoms with Crippen LogP contribution in [0.4, 0.5) is 11.4 Å². The van der Waals surface area contributed by atoms with Gasteiger partial charge in [0.15, 0.2) is 0 Å². The molecule has 0 saturated heterocycles. The molecule has 0 aliphatic carbocycles. The lowest BCUT2D eigenvalue weighted by molar-refractivity contribution is 0.101. The quantitative estimate of drug-likeness (QED) is 0.410. The number of hydrogen-bond acceptors (Lipinski definition) is 5. The minimum Gasteiger partial charge on any atom is -0.494 e. The zero-order chi connectivity index (χ0) is 24.9. The predicted molar refractivity (Wildman–Crippen MR) is 136 cm³/mol. The van der Waals surface area contributed by atoms with Gasteiger partial charge in [0, 0.05) is 35.4 Å². The molecule has 0 radical (unpaired) electrons. The number of rotatable bonds is 7. The summed E-state index contributed by atoms with van der Waals surface area (Å²) in [6.45, 7) is 6.81. The van der Waals surface area contributed by atoms with E-state index in [0.717, 1.165) is 11.4 Å². The van der Waals surface area contributed by atoms with Gasteiger partial charge >= 0.3 is 0 Å². The van der Waals surface area contributed by atoms with Crippen molar-refractivity contribution in [2.75, 3.05) is 17.2 Å². The number of benzene rings is 2. The van der Waals surface area contributed by atoms with Crippen LogP contribution >= 0.6 is 0 Å². The molecule has 4 aromatic rings. The number of carbonyl (C=O) groups is 2. The van der Waals surface area contributed by atoms with Crippen molar-refractivity contribution in [3.8, 4) is 5.75 Å². The van der Waals surface area contributed by atoms with Crippen molar-refractivity contribution in [1.82, 2.24) is 9.55 Å². The number of amides is 2. The first-order chi connectivity index (χ1) is 16.9. The second-order valence-electron chi connectivity index (χ2n) is 7.92. The molecule has 0 saturated carbocycles. The van der Waals surface area contributed by atoms with Crippen LogP contribution in [0.2, 0.25) is 0 Å². The molecule has 2 aromatic heterocycles. The number of aromatic nitrogens is 2. The normalized spacial score (nSPS) is 10.7. The van der Waals surface area contributed by atoms with Gasteiger partial charge in [-0.1, -0.05) is 0 Å². The van der Waals surface area contributed by atoms with Gasteiger partial charge in [0.25, 0.3) is 11.8 Å². The van der Waals surface area contributed by atoms with Crippen LogP contribution in [0.5, 0.6) is 5.75 Å². The molecule has 2 heterocycles. The number of ether oxygens (including phenoxy) is 1. The summed E-state index contributed by atoms with van der Waals surface area (Å²) >= 11 is 0. The summed E-state index contributed by atoms with van der Waals surface area (Å²) in [5, 5.41) is 5.96. The molecule has 8 heteroatoms. The standard InChI is InChI=1S/C27H26N4O4/c1-4-31-16-23(24(32)22-15-6-17(3)28-25(22)31)27(34)30-19-9-7-18(8-10-19)26(33)29-20-11-13-21(14-12-20)35-5-2/h6-16H,4-5H2,1-3H3,(H,29,33)(H,30,34). The van der Waals surface area contributed by atoms with E-state index in [1.807, 2.05) is 20.8 Å². The molecule has 0 fully saturated rings. The van der Waals surface area contributed by atoms with Gasteiger partial charge in [-0.15, -0.1) is 0 Å². The van der Waals surface area contributed by atoms with E-state index in [-0.39, 0.29) is 16.9 Å². The maximum atomic E-state index is 12.9. The van der Waals surface area contributed by atoms with Crippen LogP contribution in [0.15, 0.2) is 71.7 Å². The third-order valence-corrected chi connectivity index (χ3v) is 5.47. The summed E-state index contributed by atoms with van der Waals surface area (Å²) in [5.41, 5.74) is 2.54. The van der Waals surface area contributed by atoms with Crippen molar-refractivity contribution in [3.05, 3.63) is 93.9 Å². The first-order valence-corrected chi connectivity index (χ1v) is 11.4. The number of fused-ring (bicyclic) bond motifs is 1. The number of carbonyl (C=O) groups excluding carboxylic acids is 2. The highest BCUT2D eigenvalue weighted by Crippen LogP contribution is 2.18. The third-order valence-electron chi connectivity index (χ3n) is 5.47. The van der Waals surface area contributed by atoms with E-state index < -0.39 is 5.91 Å². The topological polar surface area (TPSA) is 102 Å². The number of hydrogen-bond donors (Lipinski definition) is 2. The number of pyridine rings is 2. The molecule has 4 rings (SSSR count). The van der Waals surface area contributed by atoms with Crippen LogP contribution in [-0.4, -0.2) is 28.0 Å². The molecule has 2 N–H and O–H groups in total. The van der Waals surface area contributed by atoms with E-state index in [1.165, 1.54) is 6.20 Å². The van der Waals surface area contributed by atoms with Crippen molar-refractivity contribution in [1.29, 1.82) is 0 Å². The largest absolute Gasteiger partial charge is 0.494 e. The molecule has 0 spiro atoms. The molecule has 0 bridgehead atoms. The van der Waals surface area contributed by atoms with Gasteiger partial charge in [-0.2, -0.15) is 0 Å². The van der Waals surface area contributed by atoms with Crippen LogP contribution < -0.4 is 20.8 Å². The van der Waals surface area contributed by atoms with Crippen molar-refractivity contribution in [3.63, 3.8) is 0 Å². The van der Waals surface area contributed by atoms with Crippen LogP contribution in [-0.2, 0) is 6.54 Å². The first-order valence-electron chi connectivity index (χ1n) is 11.4. The van der Waals surface area contributed by atoms with E-state index in [4.69, 9.17) is 4.74 Å². The van der Waals surface area contributed by atoms with E-state index in [1.54, 1.807) is 65.2 Å². The minimum atomic E-state index is -0.522. The summed E-state index contributed by atoms with van der Waals surface area (Å²) in [6, 6.07) is 17.0. The fourth-order valence-electron chi connectivity index (χ4n) is 3.67. The smallest absolute Gasteiger partial charge is 0.261 e. The van der Waals surface area contributed by atoms with Gasteiger partial charge in [0.1, 0.15) is 17.0 Å². The average molecular weight is 471 g/mol. The molecule has 0 aliphatic rings. The molecule has 178 valence electrons. The fraction of sp³-hybridized carbons (Fsp3) is 0.185. The second-order valence-corrected chi connectivity index (χ2v) is 7.92. The maximum Gasteiger partial charge on any atom is 0.261 e. The van der Waals surface area contributed by atoms with E-state index in [0.29, 0.717) is 41.1 Å². The SMILES string of the molecule is CCOc1ccc(NC(=O)c2ccc(NC(=O)c3cn(CC)c4nc(C)ccc4c3=O)cc2)cc1. The monoisotopic (exact) mass is 470 g/mol. The first kappa shape index (κ1) is 23.7. The summed E-state index contributed by atoms with van der Waals surface area (Å²) < 4.78 is 7.19. The van der Waals surface area contributed by atoms with Gasteiger partial charge < -0.3 is 19.9 Å². The van der Waals surface area contributed by atoms with Crippen LogP contribution in [0.3, 0.4) is 0 Å². The predicted octanol–water partition coefficient (Wildman–Crippen LogP) is 4.63. The molecule has 8 nitrogen and oxygen atoms in total. The molecule has 2 amide bonds. The molecule has 2 aromatic carbocycles. The molecular formula is C27H26N4O4. The lowest BCUT2D eigenvalue weighted by Gasteiger charge is -2.12. The molecule has 0 aliphatic heterocycles. The Kier molecular flexibility index (Phi) is 6.91. The van der Waals surface area contributed by atoms with Crippen LogP contribution in [0.1, 0.15) is 40.3 Å². The Balaban J connectivity index is 1.48. The lowest BCUT2D eigenvalue weighted by atomic mass is 10.1. The van der Waals surface area contributed by atoms with Gasteiger partial charge in [-0.05, 0) is 81.4 Å². The highest BCUT2D eigenvalue weighted by molar-refractivity contribution is 6.07. The van der Waals surface area contributed by atoms with Crippen molar-refractivity contribution >= 4 is 34.2 Å². The average Bonchev–Trinajstić information content (AvgIpc) is 2.86. The Morgan fingerprint density at radius 3 is 2.14 bits per heavy atom. The number of nitrogens with zero attached hydrogens (tertiary/aromatic N) is 2. The van der Waals surface area contributed by atoms with Crippen molar-refractivity contribution in [2.45, 2.75) is 27.3 Å². The maximum absolute atomic E-state index is 12.9. The highest BCUT2D eigenvalue weighted by Gasteiger charge is 2.16. The Morgan fingerprint density at radius 2 is 1.51 bits per heavy atom. The van der Waals surface area contributed by atoms with Gasteiger partial charge in [-0.3, -0.25) is 14.4 Å². The fourth-order valence-corrected chi connectivity index (χ4v) is 3.67. The Morgan fingerprint density at radius 1 is 0.886 bits per heavy atom. The Bertz CT molecular complexity index is 1440. The van der Waals surface area contributed by atoms with Gasteiger partial charge in [0.2, 0.25) is 5.43 Å². The number of anilines is 2. The molecule has 0 unspecified atom stereocenters. The summed E-state index contributed by atoms with van der Waals surface area (Å²) in [4.78, 5) is 42.9. The van der Waals surface area contributed by atoms with Crippen molar-refractivity contribution < 1.29 is 14.3 Å². The zero-order valence-corrected chi connectivity index (χ0v) is 19.8. The summed E-state index contributed by atoms with van der Waals surface area (Å²) in [5.74, 6) is -0.0736. The summed E-state index contributed by atoms with van der Waals surface area (Å²) in [6.07, 6.45) is 1.53. The highest BCUT2D eigenvalue weighted by atomic mass is 16.5. The molecular weight excluding hydrogens is 444 g/mol. The Hall–Kier alpha value is -4.46. The van der Waals surface area contributed by atoms with E-state index >= 15 is 0 Å². The number of aryl methyl sites for hydroxylation is 2. The third kappa shape index (κ3) is 5.22. The van der Waals surface area contributed by atoms with Crippen LogP contribution in [0.25, 0.3) is 11.0 Å². The summed E-state index contributed by atoms with van der Waals surface area (Å²) in [7, 11) is 0. The number of nitrogens with one attached hydrogen (secondary N) is 2. The second kappa shape index (κ2) is 10.2. The van der Waals surface area contributed by atoms with Crippen molar-refractivity contribution in [2.24, 2.45) is 0 Å². The lowest BCUT2D eigenvalue weighted by Crippen LogP contribution is -2.24. The van der Waals surface area contributed by atoms with Gasteiger partial charge in [0.05, 0.1) is 12.0 Å². The van der Waals surface area contributed by atoms with E-state index in [9.17, 15) is 14.4 Å². The molecule has 35 heavy (non-hydrogen) atoms. The zero-order valence-electron chi connectivity index (χ0n) is 19.8. The Labute approximate surface area is 202 Å². The van der Waals surface area contributed by atoms with Gasteiger partial charge in [-0.25, -0.2) is 4.98 Å².